The van der Waals surface area contributed by atoms with Gasteiger partial charge in [-0.1, -0.05) is 6.42 Å². The van der Waals surface area contributed by atoms with Crippen LogP contribution in [0.1, 0.15) is 37.3 Å². The molecule has 21 heavy (non-hydrogen) atoms. The second-order valence-corrected chi connectivity index (χ2v) is 6.31. The first-order valence-electron chi connectivity index (χ1n) is 7.73. The molecule has 116 valence electrons. The van der Waals surface area contributed by atoms with Crippen molar-refractivity contribution in [3.8, 4) is 17.2 Å². The van der Waals surface area contributed by atoms with Gasteiger partial charge in [-0.25, -0.2) is 0 Å². The molecule has 2 bridgehead atoms. The normalized spacial score (nSPS) is 28.5. The molecule has 4 heteroatoms. The maximum absolute atomic E-state index is 6.63. The predicted molar refractivity (Wildman–Crippen MR) is 82.0 cm³/mol. The number of hydrogen-bond donors (Lipinski definition) is 1. The second kappa shape index (κ2) is 5.76. The molecule has 0 heterocycles. The van der Waals surface area contributed by atoms with Crippen molar-refractivity contribution in [1.29, 1.82) is 0 Å². The second-order valence-electron chi connectivity index (χ2n) is 6.31. The molecule has 2 saturated carbocycles. The van der Waals surface area contributed by atoms with Crippen LogP contribution >= 0.6 is 0 Å². The van der Waals surface area contributed by atoms with Crippen LogP contribution in [-0.2, 0) is 0 Å². The molecule has 4 unspecified atom stereocenters. The van der Waals surface area contributed by atoms with E-state index >= 15 is 0 Å². The third kappa shape index (κ3) is 2.46. The van der Waals surface area contributed by atoms with Crippen molar-refractivity contribution in [3.63, 3.8) is 0 Å². The van der Waals surface area contributed by atoms with Gasteiger partial charge in [-0.05, 0) is 37.0 Å². The first-order valence-corrected chi connectivity index (χ1v) is 7.73. The molecule has 0 aromatic heterocycles. The van der Waals surface area contributed by atoms with E-state index in [0.717, 1.165) is 34.6 Å². The van der Waals surface area contributed by atoms with Crippen molar-refractivity contribution in [3.05, 3.63) is 17.7 Å². The molecule has 2 N–H and O–H groups in total. The number of fused-ring (bicyclic) bond motifs is 2. The van der Waals surface area contributed by atoms with E-state index in [1.807, 2.05) is 12.1 Å². The summed E-state index contributed by atoms with van der Waals surface area (Å²) in [7, 11) is 4.99. The van der Waals surface area contributed by atoms with Gasteiger partial charge in [0.2, 0.25) is 0 Å². The predicted octanol–water partition coefficient (Wildman–Crippen LogP) is 3.15. The molecule has 0 spiro atoms. The van der Waals surface area contributed by atoms with Gasteiger partial charge in [0.05, 0.1) is 26.9 Å². The van der Waals surface area contributed by atoms with Crippen molar-refractivity contribution in [2.45, 2.75) is 31.7 Å². The fourth-order valence-electron chi connectivity index (χ4n) is 4.31. The van der Waals surface area contributed by atoms with Gasteiger partial charge in [0.25, 0.3) is 0 Å². The van der Waals surface area contributed by atoms with E-state index < -0.39 is 0 Å². The molecule has 3 rings (SSSR count). The van der Waals surface area contributed by atoms with Gasteiger partial charge < -0.3 is 19.9 Å². The van der Waals surface area contributed by atoms with Crippen molar-refractivity contribution in [2.24, 2.45) is 23.5 Å². The van der Waals surface area contributed by atoms with Crippen molar-refractivity contribution in [2.75, 3.05) is 21.3 Å². The highest BCUT2D eigenvalue weighted by Gasteiger charge is 2.43. The van der Waals surface area contributed by atoms with E-state index in [9.17, 15) is 0 Å². The van der Waals surface area contributed by atoms with Crippen LogP contribution in [0.3, 0.4) is 0 Å². The Labute approximate surface area is 126 Å². The number of rotatable bonds is 5. The summed E-state index contributed by atoms with van der Waals surface area (Å²) in [5.74, 6) is 4.44. The summed E-state index contributed by atoms with van der Waals surface area (Å²) in [5.41, 5.74) is 7.61. The Balaban J connectivity index is 1.96. The van der Waals surface area contributed by atoms with Gasteiger partial charge >= 0.3 is 0 Å². The molecule has 0 radical (unpaired) electrons. The third-order valence-electron chi connectivity index (χ3n) is 5.34. The standard InChI is InChI=1S/C17H25NO3/c1-19-12-8-14(20-2)16(15(9-12)21-3)17(18)13-7-10-4-5-11(13)6-10/h8-11,13,17H,4-7,18H2,1-3H3. The minimum atomic E-state index is -0.0314. The number of nitrogens with two attached hydrogens (primary N) is 1. The molecule has 4 nitrogen and oxygen atoms in total. The number of benzene rings is 1. The van der Waals surface area contributed by atoms with Gasteiger partial charge in [0, 0.05) is 18.2 Å². The highest BCUT2D eigenvalue weighted by Crippen LogP contribution is 2.54. The van der Waals surface area contributed by atoms with Crippen molar-refractivity contribution in [1.82, 2.24) is 0 Å². The molecular formula is C17H25NO3. The van der Waals surface area contributed by atoms with E-state index in [1.54, 1.807) is 21.3 Å². The lowest BCUT2D eigenvalue weighted by molar-refractivity contribution is 0.271. The van der Waals surface area contributed by atoms with E-state index in [4.69, 9.17) is 19.9 Å². The zero-order valence-corrected chi connectivity index (χ0v) is 13.1. The summed E-state index contributed by atoms with van der Waals surface area (Å²) in [5, 5.41) is 0. The average Bonchev–Trinajstić information content (AvgIpc) is 3.15. The largest absolute Gasteiger partial charge is 0.496 e. The van der Waals surface area contributed by atoms with Gasteiger partial charge in [-0.2, -0.15) is 0 Å². The monoisotopic (exact) mass is 291 g/mol. The smallest absolute Gasteiger partial charge is 0.131 e. The fraction of sp³-hybridized carbons (Fsp3) is 0.647. The van der Waals surface area contributed by atoms with Crippen molar-refractivity contribution >= 4 is 0 Å². The lowest BCUT2D eigenvalue weighted by Crippen LogP contribution is -2.26. The highest BCUT2D eigenvalue weighted by atomic mass is 16.5. The maximum atomic E-state index is 6.63. The molecular weight excluding hydrogens is 266 g/mol. The Morgan fingerprint density at radius 2 is 1.67 bits per heavy atom. The Morgan fingerprint density at radius 3 is 2.10 bits per heavy atom. The van der Waals surface area contributed by atoms with E-state index in [1.165, 1.54) is 25.7 Å². The summed E-state index contributed by atoms with van der Waals surface area (Å²) in [4.78, 5) is 0. The Morgan fingerprint density at radius 1 is 1.00 bits per heavy atom. The van der Waals surface area contributed by atoms with Crippen LogP contribution in [0.15, 0.2) is 12.1 Å². The number of ether oxygens (including phenoxy) is 3. The molecule has 0 saturated heterocycles. The number of hydrogen-bond acceptors (Lipinski definition) is 4. The summed E-state index contributed by atoms with van der Waals surface area (Å²) in [6.07, 6.45) is 5.29. The van der Waals surface area contributed by atoms with Gasteiger partial charge in [0.1, 0.15) is 17.2 Å². The van der Waals surface area contributed by atoms with E-state index in [2.05, 4.69) is 0 Å². The molecule has 0 aliphatic heterocycles. The molecule has 1 aromatic carbocycles. The van der Waals surface area contributed by atoms with Gasteiger partial charge in [-0.3, -0.25) is 0 Å². The first kappa shape index (κ1) is 14.5. The van der Waals surface area contributed by atoms with Gasteiger partial charge in [0.15, 0.2) is 0 Å². The van der Waals surface area contributed by atoms with E-state index in [-0.39, 0.29) is 6.04 Å². The van der Waals surface area contributed by atoms with Crippen LogP contribution in [0.2, 0.25) is 0 Å². The van der Waals surface area contributed by atoms with Crippen LogP contribution < -0.4 is 19.9 Å². The lowest BCUT2D eigenvalue weighted by Gasteiger charge is -2.30. The van der Waals surface area contributed by atoms with E-state index in [0.29, 0.717) is 5.92 Å². The average molecular weight is 291 g/mol. The van der Waals surface area contributed by atoms with Crippen molar-refractivity contribution < 1.29 is 14.2 Å². The summed E-state index contributed by atoms with van der Waals surface area (Å²) >= 11 is 0. The summed E-state index contributed by atoms with van der Waals surface area (Å²) < 4.78 is 16.4. The molecule has 4 atom stereocenters. The highest BCUT2D eigenvalue weighted by molar-refractivity contribution is 5.52. The molecule has 1 aromatic rings. The third-order valence-corrected chi connectivity index (χ3v) is 5.34. The fourth-order valence-corrected chi connectivity index (χ4v) is 4.31. The lowest BCUT2D eigenvalue weighted by atomic mass is 9.80. The molecule has 2 aliphatic rings. The summed E-state index contributed by atoms with van der Waals surface area (Å²) in [6, 6.07) is 3.76. The SMILES string of the molecule is COc1cc(OC)c(C(N)C2CC3CCC2C3)c(OC)c1. The Kier molecular flexibility index (Phi) is 3.98. The van der Waals surface area contributed by atoms with Crippen LogP contribution in [0.25, 0.3) is 0 Å². The van der Waals surface area contributed by atoms with Crippen LogP contribution in [0.5, 0.6) is 17.2 Å². The van der Waals surface area contributed by atoms with Gasteiger partial charge in [-0.15, -0.1) is 0 Å². The zero-order valence-electron chi connectivity index (χ0n) is 13.1. The van der Waals surface area contributed by atoms with Crippen LogP contribution in [-0.4, -0.2) is 21.3 Å². The molecule has 0 amide bonds. The quantitative estimate of drug-likeness (QED) is 0.905. The summed E-state index contributed by atoms with van der Waals surface area (Å²) in [6.45, 7) is 0. The molecule has 2 aliphatic carbocycles. The topological polar surface area (TPSA) is 53.7 Å². The minimum Gasteiger partial charge on any atom is -0.496 e. The first-order chi connectivity index (χ1) is 10.2. The molecule has 2 fully saturated rings. The maximum Gasteiger partial charge on any atom is 0.131 e. The van der Waals surface area contributed by atoms with Crippen LogP contribution in [0.4, 0.5) is 0 Å². The minimum absolute atomic E-state index is 0.0314. The number of methoxy groups -OCH3 is 3. The Hall–Kier alpha value is -1.42. The van der Waals surface area contributed by atoms with Crippen LogP contribution in [0, 0.1) is 17.8 Å². The zero-order chi connectivity index (χ0) is 15.0. The Bertz CT molecular complexity index is 492.